The van der Waals surface area contributed by atoms with Crippen LogP contribution in [0, 0.1) is 5.92 Å². The first-order valence-electron chi connectivity index (χ1n) is 8.72. The van der Waals surface area contributed by atoms with Crippen molar-refractivity contribution in [3.05, 3.63) is 28.3 Å². The largest absolute Gasteiger partial charge is 0.480 e. The van der Waals surface area contributed by atoms with Gasteiger partial charge in [-0.1, -0.05) is 19.0 Å². The molecule has 0 unspecified atom stereocenters. The fourth-order valence-corrected chi connectivity index (χ4v) is 4.53. The van der Waals surface area contributed by atoms with Crippen molar-refractivity contribution in [3.8, 4) is 0 Å². The molecule has 1 aliphatic carbocycles. The van der Waals surface area contributed by atoms with Gasteiger partial charge in [-0.05, 0) is 31.6 Å². The number of nitrogens with one attached hydrogen (secondary N) is 1. The van der Waals surface area contributed by atoms with E-state index in [1.807, 2.05) is 19.2 Å². The number of nitrogens with zero attached hydrogens (tertiary/aromatic N) is 3. The minimum absolute atomic E-state index is 0.155. The number of hydrogen-bond donors (Lipinski definition) is 2. The second-order valence-corrected chi connectivity index (χ2v) is 8.48. The Morgan fingerprint density at radius 2 is 2.32 bits per heavy atom. The number of carboxylic acids is 1. The lowest BCUT2D eigenvalue weighted by Crippen LogP contribution is -2.49. The van der Waals surface area contributed by atoms with Crippen molar-refractivity contribution in [1.29, 1.82) is 0 Å². The molecule has 3 atom stereocenters. The van der Waals surface area contributed by atoms with Crippen LogP contribution in [-0.2, 0) is 4.79 Å². The summed E-state index contributed by atoms with van der Waals surface area (Å²) in [5.74, 6) is 0.944. The van der Waals surface area contributed by atoms with Crippen LogP contribution in [0.2, 0.25) is 0 Å². The lowest BCUT2D eigenvalue weighted by Gasteiger charge is -2.27. The van der Waals surface area contributed by atoms with Gasteiger partial charge in [0.15, 0.2) is 5.82 Å². The average Bonchev–Trinajstić information content (AvgIpc) is 3.00. The average molecular weight is 362 g/mol. The molecule has 8 heteroatoms. The summed E-state index contributed by atoms with van der Waals surface area (Å²) in [5, 5.41) is 20.3. The summed E-state index contributed by atoms with van der Waals surface area (Å²) in [5.41, 5.74) is -0.991. The molecule has 0 amide bonds. The van der Waals surface area contributed by atoms with Crippen LogP contribution in [0.3, 0.4) is 0 Å². The van der Waals surface area contributed by atoms with E-state index in [-0.39, 0.29) is 17.9 Å². The summed E-state index contributed by atoms with van der Waals surface area (Å²) in [6, 6.07) is -0.209. The molecule has 25 heavy (non-hydrogen) atoms. The highest BCUT2D eigenvalue weighted by Gasteiger charge is 2.53. The van der Waals surface area contributed by atoms with Gasteiger partial charge in [0, 0.05) is 23.4 Å². The summed E-state index contributed by atoms with van der Waals surface area (Å²) in [6.45, 7) is 4.08. The van der Waals surface area contributed by atoms with E-state index in [0.717, 1.165) is 17.8 Å². The molecular weight excluding hydrogens is 340 g/mol. The maximum absolute atomic E-state index is 12.1. The predicted molar refractivity (Wildman–Crippen MR) is 91.4 cm³/mol. The first-order chi connectivity index (χ1) is 12.0. The molecule has 1 saturated heterocycles. The van der Waals surface area contributed by atoms with E-state index >= 15 is 0 Å². The molecule has 1 aliphatic heterocycles. The summed E-state index contributed by atoms with van der Waals surface area (Å²) < 4.78 is 5.42. The molecule has 2 aromatic heterocycles. The molecule has 0 aromatic carbocycles. The maximum Gasteiger partial charge on any atom is 0.323 e. The van der Waals surface area contributed by atoms with Crippen LogP contribution in [0.4, 0.5) is 0 Å². The van der Waals surface area contributed by atoms with E-state index in [2.05, 4.69) is 20.4 Å². The van der Waals surface area contributed by atoms with Crippen LogP contribution in [0.5, 0.6) is 0 Å². The highest BCUT2D eigenvalue weighted by Crippen LogP contribution is 2.47. The van der Waals surface area contributed by atoms with Crippen molar-refractivity contribution in [1.82, 2.24) is 20.4 Å². The molecule has 0 bridgehead atoms. The molecule has 3 heterocycles. The first-order valence-corrected chi connectivity index (χ1v) is 9.60. The monoisotopic (exact) mass is 362 g/mol. The minimum Gasteiger partial charge on any atom is -0.480 e. The fourth-order valence-electron chi connectivity index (χ4n) is 3.78. The Labute approximate surface area is 149 Å². The maximum atomic E-state index is 12.1. The summed E-state index contributed by atoms with van der Waals surface area (Å²) in [4.78, 5) is 21.1. The molecule has 7 nitrogen and oxygen atoms in total. The standard InChI is InChI=1S/C17H22N4O3S/c1-9(2)7-17(16(22)23)8-11(12(20-17)15-18-5-6-25-15)13-19-14(24-21-13)10-3-4-10/h5-6,9-12,20H,3-4,7-8H2,1-2H3,(H,22,23)/t11-,12-,17+/m1/s1. The highest BCUT2D eigenvalue weighted by molar-refractivity contribution is 7.09. The molecule has 4 rings (SSSR count). The minimum atomic E-state index is -0.991. The number of aromatic nitrogens is 3. The van der Waals surface area contributed by atoms with Crippen LogP contribution >= 0.6 is 11.3 Å². The van der Waals surface area contributed by atoms with Crippen LogP contribution < -0.4 is 5.32 Å². The van der Waals surface area contributed by atoms with Gasteiger partial charge in [-0.2, -0.15) is 4.98 Å². The van der Waals surface area contributed by atoms with Crippen LogP contribution in [-0.4, -0.2) is 31.7 Å². The second-order valence-electron chi connectivity index (χ2n) is 7.55. The molecule has 0 radical (unpaired) electrons. The van der Waals surface area contributed by atoms with Crippen molar-refractivity contribution >= 4 is 17.3 Å². The Bertz CT molecular complexity index is 756. The van der Waals surface area contributed by atoms with Gasteiger partial charge in [0.1, 0.15) is 10.5 Å². The number of carboxylic acid groups (broad SMARTS) is 1. The molecule has 2 aliphatic rings. The molecule has 2 fully saturated rings. The number of rotatable bonds is 6. The van der Waals surface area contributed by atoms with Crippen LogP contribution in [0.1, 0.15) is 74.1 Å². The zero-order valence-corrected chi connectivity index (χ0v) is 15.1. The third-order valence-corrected chi connectivity index (χ3v) is 5.86. The normalized spacial score (nSPS) is 29.4. The van der Waals surface area contributed by atoms with Crippen molar-refractivity contribution in [3.63, 3.8) is 0 Å². The van der Waals surface area contributed by atoms with Gasteiger partial charge >= 0.3 is 5.97 Å². The Balaban J connectivity index is 1.69. The second kappa shape index (κ2) is 6.17. The molecule has 2 N–H and O–H groups in total. The number of carbonyl (C=O) groups is 1. The first kappa shape index (κ1) is 16.7. The van der Waals surface area contributed by atoms with Gasteiger partial charge in [-0.25, -0.2) is 4.98 Å². The van der Waals surface area contributed by atoms with Crippen molar-refractivity contribution in [2.24, 2.45) is 5.92 Å². The van der Waals surface area contributed by atoms with Crippen molar-refractivity contribution < 1.29 is 14.4 Å². The van der Waals surface area contributed by atoms with Gasteiger partial charge < -0.3 is 9.63 Å². The molecule has 2 aromatic rings. The number of aliphatic carboxylic acids is 1. The van der Waals surface area contributed by atoms with Gasteiger partial charge in [-0.3, -0.25) is 10.1 Å². The lowest BCUT2D eigenvalue weighted by molar-refractivity contribution is -0.145. The van der Waals surface area contributed by atoms with E-state index in [4.69, 9.17) is 4.52 Å². The van der Waals surface area contributed by atoms with E-state index in [0.29, 0.717) is 30.5 Å². The molecule has 134 valence electrons. The topological polar surface area (TPSA) is 101 Å². The van der Waals surface area contributed by atoms with Gasteiger partial charge in [-0.15, -0.1) is 11.3 Å². The zero-order valence-electron chi connectivity index (χ0n) is 14.3. The fraction of sp³-hybridized carbons (Fsp3) is 0.647. The third kappa shape index (κ3) is 3.08. The van der Waals surface area contributed by atoms with Gasteiger partial charge in [0.05, 0.1) is 6.04 Å². The Morgan fingerprint density at radius 3 is 2.92 bits per heavy atom. The lowest BCUT2D eigenvalue weighted by atomic mass is 9.84. The quantitative estimate of drug-likeness (QED) is 0.814. The number of thiazole rings is 1. The van der Waals surface area contributed by atoms with E-state index in [1.165, 1.54) is 11.3 Å². The Hall–Kier alpha value is -1.80. The van der Waals surface area contributed by atoms with E-state index in [1.54, 1.807) is 6.20 Å². The van der Waals surface area contributed by atoms with Crippen molar-refractivity contribution in [2.45, 2.75) is 62.9 Å². The van der Waals surface area contributed by atoms with Crippen LogP contribution in [0.25, 0.3) is 0 Å². The number of hydrogen-bond acceptors (Lipinski definition) is 7. The summed E-state index contributed by atoms with van der Waals surface area (Å²) in [7, 11) is 0. The summed E-state index contributed by atoms with van der Waals surface area (Å²) >= 11 is 1.52. The molecular formula is C17H22N4O3S. The third-order valence-electron chi connectivity index (χ3n) is 5.00. The smallest absolute Gasteiger partial charge is 0.323 e. The van der Waals surface area contributed by atoms with Gasteiger partial charge in [0.2, 0.25) is 5.89 Å². The Morgan fingerprint density at radius 1 is 1.52 bits per heavy atom. The van der Waals surface area contributed by atoms with Crippen LogP contribution in [0.15, 0.2) is 16.1 Å². The summed E-state index contributed by atoms with van der Waals surface area (Å²) in [6.07, 6.45) is 4.91. The highest BCUT2D eigenvalue weighted by atomic mass is 32.1. The zero-order chi connectivity index (χ0) is 17.6. The van der Waals surface area contributed by atoms with E-state index < -0.39 is 11.5 Å². The van der Waals surface area contributed by atoms with Gasteiger partial charge in [0.25, 0.3) is 0 Å². The molecule has 1 saturated carbocycles. The molecule has 0 spiro atoms. The predicted octanol–water partition coefficient (Wildman–Crippen LogP) is 3.09. The SMILES string of the molecule is CC(C)C[C@@]1(C(=O)O)C[C@@H](c2noc(C3CC3)n2)[C@H](c2nccs2)N1. The Kier molecular flexibility index (Phi) is 4.11. The van der Waals surface area contributed by atoms with E-state index in [9.17, 15) is 9.90 Å². The van der Waals surface area contributed by atoms with Crippen molar-refractivity contribution in [2.75, 3.05) is 0 Å².